The molecule has 10 nitrogen and oxygen atoms in total. The number of rotatable bonds is 8. The van der Waals surface area contributed by atoms with Crippen molar-refractivity contribution in [3.05, 3.63) is 77.4 Å². The number of pyridine rings is 1. The second kappa shape index (κ2) is 10.4. The molecule has 1 saturated heterocycles. The summed E-state index contributed by atoms with van der Waals surface area (Å²) >= 11 is 0. The van der Waals surface area contributed by atoms with E-state index in [0.717, 1.165) is 29.8 Å². The highest BCUT2D eigenvalue weighted by Gasteiger charge is 2.35. The number of anilines is 1. The van der Waals surface area contributed by atoms with Crippen LogP contribution in [0, 0.1) is 5.82 Å². The Morgan fingerprint density at radius 1 is 1.07 bits per heavy atom. The highest BCUT2D eigenvalue weighted by atomic mass is 32.2. The van der Waals surface area contributed by atoms with Crippen LogP contribution in [-0.4, -0.2) is 70.4 Å². The van der Waals surface area contributed by atoms with Crippen LogP contribution >= 0.6 is 0 Å². The van der Waals surface area contributed by atoms with Crippen molar-refractivity contribution in [2.75, 3.05) is 24.9 Å². The first-order chi connectivity index (χ1) is 19.6. The van der Waals surface area contributed by atoms with E-state index in [1.54, 1.807) is 31.7 Å². The molecule has 1 amide bonds. The van der Waals surface area contributed by atoms with Gasteiger partial charge in [0, 0.05) is 86.3 Å². The van der Waals surface area contributed by atoms with Gasteiger partial charge in [-0.05, 0) is 37.5 Å². The van der Waals surface area contributed by atoms with Crippen molar-refractivity contribution < 1.29 is 22.4 Å². The van der Waals surface area contributed by atoms with Crippen molar-refractivity contribution in [2.24, 2.45) is 0 Å². The SMILES string of the molecule is CC(=O)N(C)C1CCN(S(=O)(=O)Nc2cccc(C(=O)C3=CCc4ncc(-c5cnc(C6CC6)nc5)cc43)c2F)C1. The van der Waals surface area contributed by atoms with Gasteiger partial charge in [-0.15, -0.1) is 0 Å². The number of amides is 1. The van der Waals surface area contributed by atoms with Crippen LogP contribution in [0.2, 0.25) is 0 Å². The lowest BCUT2D eigenvalue weighted by molar-refractivity contribution is -0.129. The highest BCUT2D eigenvalue weighted by Crippen LogP contribution is 2.38. The number of Topliss-reactive ketones (excluding diaryl/α,β-unsaturated/α-hetero) is 1. The molecule has 3 aromatic rings. The zero-order chi connectivity index (χ0) is 28.9. The smallest absolute Gasteiger partial charge is 0.301 e. The van der Waals surface area contributed by atoms with Crippen molar-refractivity contribution in [1.29, 1.82) is 0 Å². The van der Waals surface area contributed by atoms with Crippen LogP contribution in [0.15, 0.2) is 48.9 Å². The predicted octanol–water partition coefficient (Wildman–Crippen LogP) is 3.59. The van der Waals surface area contributed by atoms with Gasteiger partial charge in [0.1, 0.15) is 5.82 Å². The Kier molecular flexibility index (Phi) is 6.90. The summed E-state index contributed by atoms with van der Waals surface area (Å²) in [4.78, 5) is 40.2. The van der Waals surface area contributed by atoms with E-state index in [2.05, 4.69) is 19.7 Å². The van der Waals surface area contributed by atoms with Crippen molar-refractivity contribution in [1.82, 2.24) is 24.2 Å². The molecule has 0 bridgehead atoms. The van der Waals surface area contributed by atoms with Gasteiger partial charge < -0.3 is 4.90 Å². The molecule has 41 heavy (non-hydrogen) atoms. The fraction of sp³-hybridized carbons (Fsp3) is 0.345. The number of aromatic nitrogens is 3. The summed E-state index contributed by atoms with van der Waals surface area (Å²) < 4.78 is 45.2. The topological polar surface area (TPSA) is 125 Å². The highest BCUT2D eigenvalue weighted by molar-refractivity contribution is 7.90. The van der Waals surface area contributed by atoms with Gasteiger partial charge in [0.15, 0.2) is 11.6 Å². The molecule has 0 spiro atoms. The van der Waals surface area contributed by atoms with E-state index in [9.17, 15) is 18.0 Å². The molecular weight excluding hydrogens is 547 g/mol. The normalized spacial score (nSPS) is 18.6. The molecule has 2 aromatic heterocycles. The van der Waals surface area contributed by atoms with E-state index in [1.807, 2.05) is 6.07 Å². The molecule has 3 aliphatic rings. The first kappa shape index (κ1) is 27.2. The molecule has 1 aromatic carbocycles. The standard InChI is InChI=1S/C29H29FN6O4S/c1-17(37)35(2)21-10-11-36(16-21)41(39,40)34-26-5-3-4-23(27(26)30)28(38)22-8-9-25-24(22)12-19(13-31-25)20-14-32-29(33-15-20)18-6-7-18/h3-5,8,12-15,18,21,34H,6-7,9-11,16H2,1-2H3. The minimum atomic E-state index is -4.12. The average molecular weight is 577 g/mol. The van der Waals surface area contributed by atoms with Gasteiger partial charge in [-0.25, -0.2) is 14.4 Å². The van der Waals surface area contributed by atoms with E-state index < -0.39 is 21.8 Å². The van der Waals surface area contributed by atoms with Crippen LogP contribution in [-0.2, 0) is 21.4 Å². The number of hydrogen-bond donors (Lipinski definition) is 1. The van der Waals surface area contributed by atoms with E-state index in [1.165, 1.54) is 34.3 Å². The third-order valence-corrected chi connectivity index (χ3v) is 9.43. The third-order valence-electron chi connectivity index (χ3n) is 7.94. The number of benzene rings is 1. The Bertz CT molecular complexity index is 1690. The molecule has 6 rings (SSSR count). The maximum Gasteiger partial charge on any atom is 0.301 e. The minimum Gasteiger partial charge on any atom is -0.342 e. The molecule has 1 N–H and O–H groups in total. The maximum absolute atomic E-state index is 15.7. The molecule has 1 aliphatic heterocycles. The van der Waals surface area contributed by atoms with Gasteiger partial charge in [-0.3, -0.25) is 19.3 Å². The molecule has 1 atom stereocenters. The molecule has 2 fully saturated rings. The second-order valence-electron chi connectivity index (χ2n) is 10.7. The van der Waals surface area contributed by atoms with Crippen LogP contribution in [0.5, 0.6) is 0 Å². The number of ketones is 1. The Morgan fingerprint density at radius 3 is 2.51 bits per heavy atom. The summed E-state index contributed by atoms with van der Waals surface area (Å²) in [6, 6.07) is 5.62. The Hall–Kier alpha value is -4.03. The number of nitrogens with zero attached hydrogens (tertiary/aromatic N) is 5. The minimum absolute atomic E-state index is 0.0962. The van der Waals surface area contributed by atoms with Crippen molar-refractivity contribution in [3.8, 4) is 11.1 Å². The molecular formula is C29H29FN6O4S. The van der Waals surface area contributed by atoms with Crippen LogP contribution in [0.3, 0.4) is 0 Å². The molecule has 3 heterocycles. The first-order valence-corrected chi connectivity index (χ1v) is 14.9. The maximum atomic E-state index is 15.7. The lowest BCUT2D eigenvalue weighted by atomic mass is 9.97. The number of carbonyl (C=O) groups is 2. The van der Waals surface area contributed by atoms with Gasteiger partial charge in [0.25, 0.3) is 0 Å². The second-order valence-corrected chi connectivity index (χ2v) is 12.3. The number of hydrogen-bond acceptors (Lipinski definition) is 7. The quantitative estimate of drug-likeness (QED) is 0.406. The van der Waals surface area contributed by atoms with Crippen LogP contribution < -0.4 is 4.72 Å². The van der Waals surface area contributed by atoms with Gasteiger partial charge >= 0.3 is 10.2 Å². The molecule has 1 saturated carbocycles. The number of fused-ring (bicyclic) bond motifs is 1. The van der Waals surface area contributed by atoms with Gasteiger partial charge in [-0.2, -0.15) is 12.7 Å². The van der Waals surface area contributed by atoms with Crippen LogP contribution in [0.25, 0.3) is 16.7 Å². The number of likely N-dealkylation sites (N-methyl/N-ethyl adjacent to an activating group) is 1. The van der Waals surface area contributed by atoms with Gasteiger partial charge in [0.05, 0.1) is 16.9 Å². The summed E-state index contributed by atoms with van der Waals surface area (Å²) in [6.07, 6.45) is 10.0. The molecule has 2 aliphatic carbocycles. The number of carbonyl (C=O) groups excluding carboxylic acids is 2. The lowest BCUT2D eigenvalue weighted by Crippen LogP contribution is -2.40. The summed E-state index contributed by atoms with van der Waals surface area (Å²) in [5.41, 5.74) is 2.54. The molecule has 12 heteroatoms. The van der Waals surface area contributed by atoms with Gasteiger partial charge in [-0.1, -0.05) is 12.1 Å². The van der Waals surface area contributed by atoms with Crippen molar-refractivity contribution in [2.45, 2.75) is 44.6 Å². The number of nitrogens with one attached hydrogen (secondary N) is 1. The Balaban J connectivity index is 1.22. The molecule has 1 unspecified atom stereocenters. The van der Waals surface area contributed by atoms with Crippen LogP contribution in [0.4, 0.5) is 10.1 Å². The molecule has 0 radical (unpaired) electrons. The Labute approximate surface area is 237 Å². The fourth-order valence-electron chi connectivity index (χ4n) is 5.25. The fourth-order valence-corrected chi connectivity index (χ4v) is 6.53. The van der Waals surface area contributed by atoms with E-state index >= 15 is 4.39 Å². The predicted molar refractivity (Wildman–Crippen MR) is 151 cm³/mol. The zero-order valence-electron chi connectivity index (χ0n) is 22.7. The summed E-state index contributed by atoms with van der Waals surface area (Å²) in [5.74, 6) is -0.418. The van der Waals surface area contributed by atoms with Gasteiger partial charge in [0.2, 0.25) is 5.91 Å². The largest absolute Gasteiger partial charge is 0.342 e. The Morgan fingerprint density at radius 2 is 1.80 bits per heavy atom. The molecule has 212 valence electrons. The monoisotopic (exact) mass is 576 g/mol. The van der Waals surface area contributed by atoms with Crippen LogP contribution in [0.1, 0.15) is 59.5 Å². The van der Waals surface area contributed by atoms with E-state index in [-0.39, 0.29) is 36.3 Å². The number of halogens is 1. The van der Waals surface area contributed by atoms with Crippen molar-refractivity contribution >= 4 is 33.2 Å². The summed E-state index contributed by atoms with van der Waals surface area (Å²) in [6.45, 7) is 1.70. The first-order valence-electron chi connectivity index (χ1n) is 13.5. The third kappa shape index (κ3) is 5.24. The zero-order valence-corrected chi connectivity index (χ0v) is 23.5. The lowest BCUT2D eigenvalue weighted by Gasteiger charge is -2.23. The average Bonchev–Trinajstić information content (AvgIpc) is 3.52. The van der Waals surface area contributed by atoms with Crippen molar-refractivity contribution in [3.63, 3.8) is 0 Å². The van der Waals surface area contributed by atoms with E-state index in [4.69, 9.17) is 0 Å². The van der Waals surface area contributed by atoms with E-state index in [0.29, 0.717) is 35.6 Å². The summed E-state index contributed by atoms with van der Waals surface area (Å²) in [5, 5.41) is 0. The number of allylic oxidation sites excluding steroid dienone is 2. The summed E-state index contributed by atoms with van der Waals surface area (Å²) in [7, 11) is -2.50.